The van der Waals surface area contributed by atoms with E-state index in [0.29, 0.717) is 0 Å². The van der Waals surface area contributed by atoms with E-state index in [0.717, 1.165) is 12.3 Å². The lowest BCUT2D eigenvalue weighted by atomic mass is 10.3. The summed E-state index contributed by atoms with van der Waals surface area (Å²) >= 11 is 0. The highest BCUT2D eigenvalue weighted by atomic mass is 32.2. The first-order valence-electron chi connectivity index (χ1n) is 3.71. The molecule has 1 aromatic carbocycles. The predicted molar refractivity (Wildman–Crippen MR) is 55.1 cm³/mol. The Kier molecular flexibility index (Phi) is 3.03. The van der Waals surface area contributed by atoms with Crippen LogP contribution in [0.5, 0.6) is 0 Å². The molecule has 0 unspecified atom stereocenters. The van der Waals surface area contributed by atoms with Crippen molar-refractivity contribution in [1.29, 1.82) is 0 Å². The van der Waals surface area contributed by atoms with E-state index in [1.807, 2.05) is 0 Å². The van der Waals surface area contributed by atoms with E-state index in [9.17, 15) is 16.8 Å². The van der Waals surface area contributed by atoms with E-state index >= 15 is 0 Å². The molecule has 0 fully saturated rings. The Labute approximate surface area is 88.2 Å². The Bertz CT molecular complexity index is 562. The average molecular weight is 249 g/mol. The van der Waals surface area contributed by atoms with Gasteiger partial charge in [0.05, 0.1) is 11.2 Å². The summed E-state index contributed by atoms with van der Waals surface area (Å²) in [6.45, 7) is 0. The molecule has 8 heteroatoms. The molecule has 1 rings (SSSR count). The van der Waals surface area contributed by atoms with Crippen molar-refractivity contribution in [2.75, 3.05) is 11.0 Å². The smallest absolute Gasteiger partial charge is 0.238 e. The molecule has 1 radical (unpaired) electrons. The molecular weight excluding hydrogens is 240 g/mol. The fourth-order valence-corrected chi connectivity index (χ4v) is 1.97. The van der Waals surface area contributed by atoms with Crippen LogP contribution in [0.2, 0.25) is 0 Å². The molecule has 0 aliphatic heterocycles. The first-order valence-corrected chi connectivity index (χ1v) is 7.14. The fraction of sp³-hybridized carbons (Fsp3) is 0.143. The summed E-state index contributed by atoms with van der Waals surface area (Å²) in [6.07, 6.45) is 0.959. The maximum Gasteiger partial charge on any atom is 0.238 e. The average Bonchev–Trinajstić information content (AvgIpc) is 1.99. The lowest BCUT2D eigenvalue weighted by Gasteiger charge is -2.04. The van der Waals surface area contributed by atoms with Crippen molar-refractivity contribution in [3.8, 4) is 0 Å². The molecule has 0 heterocycles. The summed E-state index contributed by atoms with van der Waals surface area (Å²) in [4.78, 5) is -0.267. The van der Waals surface area contributed by atoms with Crippen molar-refractivity contribution >= 4 is 25.7 Å². The van der Waals surface area contributed by atoms with Crippen LogP contribution in [-0.2, 0) is 20.0 Å². The molecule has 3 N–H and O–H groups in total. The molecule has 15 heavy (non-hydrogen) atoms. The molecule has 83 valence electrons. The summed E-state index contributed by atoms with van der Waals surface area (Å²) in [5.74, 6) is 0. The van der Waals surface area contributed by atoms with Gasteiger partial charge in [-0.2, -0.15) is 0 Å². The van der Waals surface area contributed by atoms with Crippen LogP contribution < -0.4 is 9.86 Å². The van der Waals surface area contributed by atoms with Crippen LogP contribution >= 0.6 is 0 Å². The largest absolute Gasteiger partial charge is 0.284 e. The monoisotopic (exact) mass is 249 g/mol. The molecule has 0 bridgehead atoms. The van der Waals surface area contributed by atoms with Gasteiger partial charge >= 0.3 is 0 Å². The van der Waals surface area contributed by atoms with Crippen LogP contribution in [0.25, 0.3) is 0 Å². The molecule has 0 aliphatic carbocycles. The first-order chi connectivity index (χ1) is 6.68. The summed E-state index contributed by atoms with van der Waals surface area (Å²) in [5.41, 5.74) is 0.125. The third kappa shape index (κ3) is 3.86. The second-order valence-corrected chi connectivity index (χ2v) is 6.14. The van der Waals surface area contributed by atoms with Gasteiger partial charge in [0, 0.05) is 11.8 Å². The number of nitrogens with one attached hydrogen (secondary N) is 1. The summed E-state index contributed by atoms with van der Waals surface area (Å²) in [5, 5.41) is 4.85. The molecule has 0 atom stereocenters. The lowest BCUT2D eigenvalue weighted by Crippen LogP contribution is -2.14. The number of anilines is 1. The topological polar surface area (TPSA) is 106 Å². The number of nitrogens with two attached hydrogens (primary N) is 1. The Balaban J connectivity index is 3.15. The van der Waals surface area contributed by atoms with Crippen molar-refractivity contribution in [3.05, 3.63) is 24.3 Å². The zero-order valence-corrected chi connectivity index (χ0v) is 9.39. The van der Waals surface area contributed by atoms with Gasteiger partial charge < -0.3 is 0 Å². The van der Waals surface area contributed by atoms with Crippen LogP contribution in [0, 0.1) is 6.07 Å². The molecular formula is C7H9N2O4S2. The number of benzene rings is 1. The number of hydrogen-bond donors (Lipinski definition) is 2. The Morgan fingerprint density at radius 1 is 1.33 bits per heavy atom. The molecule has 0 aliphatic rings. The highest BCUT2D eigenvalue weighted by molar-refractivity contribution is 7.92. The third-order valence-corrected chi connectivity index (χ3v) is 2.84. The van der Waals surface area contributed by atoms with Crippen molar-refractivity contribution in [2.24, 2.45) is 5.14 Å². The third-order valence-electron chi connectivity index (χ3n) is 1.38. The quantitative estimate of drug-likeness (QED) is 0.753. The van der Waals surface area contributed by atoms with E-state index in [1.54, 1.807) is 0 Å². The van der Waals surface area contributed by atoms with E-state index in [-0.39, 0.29) is 10.6 Å². The minimum Gasteiger partial charge on any atom is -0.284 e. The minimum atomic E-state index is -3.87. The van der Waals surface area contributed by atoms with E-state index in [1.165, 1.54) is 12.1 Å². The van der Waals surface area contributed by atoms with Crippen molar-refractivity contribution < 1.29 is 16.8 Å². The highest BCUT2D eigenvalue weighted by Gasteiger charge is 2.09. The van der Waals surface area contributed by atoms with Crippen LogP contribution in [0.15, 0.2) is 23.1 Å². The maximum atomic E-state index is 10.9. The van der Waals surface area contributed by atoms with E-state index in [2.05, 4.69) is 10.8 Å². The van der Waals surface area contributed by atoms with Gasteiger partial charge in [0.1, 0.15) is 0 Å². The second-order valence-electron chi connectivity index (χ2n) is 2.86. The van der Waals surface area contributed by atoms with Gasteiger partial charge in [-0.15, -0.1) is 0 Å². The molecule has 0 spiro atoms. The standard InChI is InChI=1S/C7H9N2O4S2/c1-14(10,11)9-6-3-2-4-7(5-6)15(8,12)13/h2-3,5,9H,1H3,(H2,8,12,13). The molecule has 0 amide bonds. The van der Waals surface area contributed by atoms with E-state index < -0.39 is 20.0 Å². The Hall–Kier alpha value is -1.12. The Morgan fingerprint density at radius 3 is 2.40 bits per heavy atom. The van der Waals surface area contributed by atoms with Crippen LogP contribution in [0.3, 0.4) is 0 Å². The van der Waals surface area contributed by atoms with Crippen LogP contribution in [-0.4, -0.2) is 23.1 Å². The Morgan fingerprint density at radius 2 is 1.93 bits per heavy atom. The summed E-state index contributed by atoms with van der Waals surface area (Å²) < 4.78 is 45.7. The number of rotatable bonds is 3. The van der Waals surface area contributed by atoms with E-state index in [4.69, 9.17) is 5.14 Å². The fourth-order valence-electron chi connectivity index (χ4n) is 0.886. The highest BCUT2D eigenvalue weighted by Crippen LogP contribution is 2.14. The van der Waals surface area contributed by atoms with Crippen molar-refractivity contribution in [1.82, 2.24) is 0 Å². The van der Waals surface area contributed by atoms with Crippen molar-refractivity contribution in [3.63, 3.8) is 0 Å². The summed E-state index contributed by atoms with van der Waals surface area (Å²) in [7, 11) is -7.31. The number of hydrogen-bond acceptors (Lipinski definition) is 4. The number of sulfonamides is 2. The van der Waals surface area contributed by atoms with Gasteiger partial charge in [-0.05, 0) is 12.1 Å². The first kappa shape index (κ1) is 12.0. The van der Waals surface area contributed by atoms with Gasteiger partial charge in [0.15, 0.2) is 0 Å². The predicted octanol–water partition coefficient (Wildman–Crippen LogP) is -0.494. The normalized spacial score (nSPS) is 12.4. The molecule has 1 aromatic rings. The minimum absolute atomic E-state index is 0.125. The van der Waals surface area contributed by atoms with Gasteiger partial charge in [-0.1, -0.05) is 6.07 Å². The second kappa shape index (κ2) is 3.80. The van der Waals surface area contributed by atoms with Crippen LogP contribution in [0.4, 0.5) is 5.69 Å². The maximum absolute atomic E-state index is 10.9. The van der Waals surface area contributed by atoms with Crippen molar-refractivity contribution in [2.45, 2.75) is 4.90 Å². The zero-order valence-electron chi connectivity index (χ0n) is 7.76. The zero-order chi connectivity index (χ0) is 11.7. The lowest BCUT2D eigenvalue weighted by molar-refractivity contribution is 0.597. The van der Waals surface area contributed by atoms with Gasteiger partial charge in [-0.25, -0.2) is 22.0 Å². The molecule has 0 saturated heterocycles. The summed E-state index contributed by atoms with van der Waals surface area (Å²) in [6, 6.07) is 6.12. The van der Waals surface area contributed by atoms with Gasteiger partial charge in [-0.3, -0.25) is 4.72 Å². The molecule has 0 saturated carbocycles. The molecule has 0 aromatic heterocycles. The van der Waals surface area contributed by atoms with Gasteiger partial charge in [0.25, 0.3) is 0 Å². The van der Waals surface area contributed by atoms with Gasteiger partial charge in [0.2, 0.25) is 20.0 Å². The SMILES string of the molecule is CS(=O)(=O)Nc1cc[c]c(S(N)(=O)=O)c1. The number of primary sulfonamides is 1. The van der Waals surface area contributed by atoms with Crippen LogP contribution in [0.1, 0.15) is 0 Å². The molecule has 6 nitrogen and oxygen atoms in total.